The van der Waals surface area contributed by atoms with Gasteiger partial charge in [-0.15, -0.1) is 0 Å². The van der Waals surface area contributed by atoms with Crippen molar-refractivity contribution < 1.29 is 4.39 Å². The highest BCUT2D eigenvalue weighted by atomic mass is 19.1. The fourth-order valence-electron chi connectivity index (χ4n) is 4.51. The van der Waals surface area contributed by atoms with Crippen LogP contribution in [0.15, 0.2) is 84.1 Å². The predicted molar refractivity (Wildman–Crippen MR) is 113 cm³/mol. The average Bonchev–Trinajstić information content (AvgIpc) is 3.39. The van der Waals surface area contributed by atoms with Crippen LogP contribution >= 0.6 is 0 Å². The second-order valence-electron chi connectivity index (χ2n) is 7.58. The van der Waals surface area contributed by atoms with Crippen molar-refractivity contribution in [2.24, 2.45) is 5.10 Å². The minimum Gasteiger partial charge on any atom is -0.361 e. The van der Waals surface area contributed by atoms with E-state index in [1.165, 1.54) is 28.6 Å². The molecule has 2 aliphatic rings. The number of aromatic amines is 1. The van der Waals surface area contributed by atoms with Crippen LogP contribution in [0.3, 0.4) is 0 Å². The summed E-state index contributed by atoms with van der Waals surface area (Å²) in [7, 11) is 0. The van der Waals surface area contributed by atoms with E-state index >= 15 is 0 Å². The summed E-state index contributed by atoms with van der Waals surface area (Å²) in [5.41, 5.74) is 6.61. The Balaban J connectivity index is 1.49. The van der Waals surface area contributed by atoms with Crippen molar-refractivity contribution in [3.63, 3.8) is 0 Å². The topological polar surface area (TPSA) is 43.4 Å². The van der Waals surface area contributed by atoms with Gasteiger partial charge in [0, 0.05) is 34.8 Å². The number of nitrogens with one attached hydrogen (secondary N) is 2. The van der Waals surface area contributed by atoms with Crippen LogP contribution < -0.4 is 5.32 Å². The van der Waals surface area contributed by atoms with Gasteiger partial charge in [-0.3, -0.25) is 5.01 Å². The molecule has 2 unspecified atom stereocenters. The molecule has 0 fully saturated rings. The van der Waals surface area contributed by atoms with Gasteiger partial charge in [-0.05, 0) is 35.4 Å². The molecule has 3 heterocycles. The molecular weight excluding hydrogens is 363 g/mol. The molecule has 2 aliphatic heterocycles. The SMILES string of the molecule is Fc1ccc(C2=NN3C(C2)c2ccccc2NC3c2c[nH]c3ccccc23)cc1. The van der Waals surface area contributed by atoms with Crippen molar-refractivity contribution in [3.8, 4) is 0 Å². The number of fused-ring (bicyclic) bond motifs is 4. The first kappa shape index (κ1) is 16.4. The molecule has 5 heteroatoms. The van der Waals surface area contributed by atoms with E-state index in [0.717, 1.165) is 28.9 Å². The Hall–Kier alpha value is -3.60. The minimum absolute atomic E-state index is 0.0796. The summed E-state index contributed by atoms with van der Waals surface area (Å²) in [6, 6.07) is 23.5. The molecule has 0 aliphatic carbocycles. The Bertz CT molecular complexity index is 1240. The third-order valence-corrected chi connectivity index (χ3v) is 5.91. The Kier molecular flexibility index (Phi) is 3.50. The zero-order valence-electron chi connectivity index (χ0n) is 15.6. The molecule has 0 spiro atoms. The lowest BCUT2D eigenvalue weighted by atomic mass is 9.94. The molecule has 142 valence electrons. The second kappa shape index (κ2) is 6.21. The molecular formula is C24H19FN4. The summed E-state index contributed by atoms with van der Waals surface area (Å²) in [5.74, 6) is -0.228. The third kappa shape index (κ3) is 2.54. The molecule has 29 heavy (non-hydrogen) atoms. The molecule has 4 aromatic rings. The maximum Gasteiger partial charge on any atom is 0.144 e. The van der Waals surface area contributed by atoms with E-state index in [9.17, 15) is 4.39 Å². The van der Waals surface area contributed by atoms with E-state index in [4.69, 9.17) is 5.10 Å². The number of hydrogen-bond donors (Lipinski definition) is 2. The van der Waals surface area contributed by atoms with Crippen molar-refractivity contribution in [3.05, 3.63) is 102 Å². The first-order chi connectivity index (χ1) is 14.3. The molecule has 6 rings (SSSR count). The lowest BCUT2D eigenvalue weighted by Gasteiger charge is -2.39. The van der Waals surface area contributed by atoms with Gasteiger partial charge in [0.25, 0.3) is 0 Å². The van der Waals surface area contributed by atoms with Crippen LogP contribution in [0.25, 0.3) is 10.9 Å². The summed E-state index contributed by atoms with van der Waals surface area (Å²) in [6.45, 7) is 0. The van der Waals surface area contributed by atoms with Crippen LogP contribution in [0.5, 0.6) is 0 Å². The largest absolute Gasteiger partial charge is 0.361 e. The summed E-state index contributed by atoms with van der Waals surface area (Å²) in [4.78, 5) is 3.38. The molecule has 0 saturated heterocycles. The first-order valence-electron chi connectivity index (χ1n) is 9.81. The summed E-state index contributed by atoms with van der Waals surface area (Å²) in [5, 5.41) is 12.0. The fraction of sp³-hybridized carbons (Fsp3) is 0.125. The second-order valence-corrected chi connectivity index (χ2v) is 7.58. The molecule has 4 nitrogen and oxygen atoms in total. The van der Waals surface area contributed by atoms with Crippen molar-refractivity contribution in [1.82, 2.24) is 9.99 Å². The number of hydrogen-bond acceptors (Lipinski definition) is 3. The first-order valence-corrected chi connectivity index (χ1v) is 9.81. The van der Waals surface area contributed by atoms with Crippen molar-refractivity contribution in [2.45, 2.75) is 18.6 Å². The quantitative estimate of drug-likeness (QED) is 0.475. The molecule has 0 radical (unpaired) electrons. The van der Waals surface area contributed by atoms with E-state index in [2.05, 4.69) is 64.0 Å². The van der Waals surface area contributed by atoms with E-state index in [1.807, 2.05) is 18.2 Å². The van der Waals surface area contributed by atoms with Crippen molar-refractivity contribution in [2.75, 3.05) is 5.32 Å². The molecule has 0 saturated carbocycles. The van der Waals surface area contributed by atoms with Gasteiger partial charge >= 0.3 is 0 Å². The smallest absolute Gasteiger partial charge is 0.144 e. The fourth-order valence-corrected chi connectivity index (χ4v) is 4.51. The number of benzene rings is 3. The molecule has 3 aromatic carbocycles. The normalized spacial score (nSPS) is 20.2. The Labute approximate surface area is 167 Å². The molecule has 2 atom stereocenters. The molecule has 0 bridgehead atoms. The maximum absolute atomic E-state index is 13.4. The van der Waals surface area contributed by atoms with Gasteiger partial charge in [0.1, 0.15) is 12.0 Å². The van der Waals surface area contributed by atoms with Gasteiger partial charge in [0.15, 0.2) is 0 Å². The highest BCUT2D eigenvalue weighted by molar-refractivity contribution is 6.02. The number of para-hydroxylation sites is 2. The number of aromatic nitrogens is 1. The summed E-state index contributed by atoms with van der Waals surface area (Å²) >= 11 is 0. The molecule has 0 amide bonds. The Morgan fingerprint density at radius 3 is 2.59 bits per heavy atom. The third-order valence-electron chi connectivity index (χ3n) is 5.91. The lowest BCUT2D eigenvalue weighted by Crippen LogP contribution is -2.35. The minimum atomic E-state index is -0.228. The summed E-state index contributed by atoms with van der Waals surface area (Å²) < 4.78 is 13.4. The van der Waals surface area contributed by atoms with E-state index in [0.29, 0.717) is 0 Å². The number of rotatable bonds is 2. The van der Waals surface area contributed by atoms with Gasteiger partial charge in [-0.2, -0.15) is 5.10 Å². The van der Waals surface area contributed by atoms with E-state index in [1.54, 1.807) is 0 Å². The number of anilines is 1. The average molecular weight is 382 g/mol. The van der Waals surface area contributed by atoms with Crippen LogP contribution in [0.4, 0.5) is 10.1 Å². The zero-order valence-corrected chi connectivity index (χ0v) is 15.6. The lowest BCUT2D eigenvalue weighted by molar-refractivity contribution is 0.170. The van der Waals surface area contributed by atoms with Gasteiger partial charge in [-0.25, -0.2) is 4.39 Å². The van der Waals surface area contributed by atoms with Crippen LogP contribution in [0.2, 0.25) is 0 Å². The van der Waals surface area contributed by atoms with Crippen molar-refractivity contribution >= 4 is 22.3 Å². The monoisotopic (exact) mass is 382 g/mol. The van der Waals surface area contributed by atoms with Crippen LogP contribution in [0, 0.1) is 5.82 Å². The molecule has 1 aromatic heterocycles. The van der Waals surface area contributed by atoms with Crippen LogP contribution in [-0.2, 0) is 0 Å². The number of hydrazone groups is 1. The Morgan fingerprint density at radius 2 is 1.69 bits per heavy atom. The van der Waals surface area contributed by atoms with Gasteiger partial charge in [0.2, 0.25) is 0 Å². The number of nitrogens with zero attached hydrogens (tertiary/aromatic N) is 2. The van der Waals surface area contributed by atoms with Crippen molar-refractivity contribution in [1.29, 1.82) is 0 Å². The Morgan fingerprint density at radius 1 is 0.897 bits per heavy atom. The predicted octanol–water partition coefficient (Wildman–Crippen LogP) is 5.58. The highest BCUT2D eigenvalue weighted by Crippen LogP contribution is 2.47. The number of H-pyrrole nitrogens is 1. The van der Waals surface area contributed by atoms with E-state index < -0.39 is 0 Å². The van der Waals surface area contributed by atoms with Gasteiger partial charge in [-0.1, -0.05) is 48.5 Å². The van der Waals surface area contributed by atoms with Gasteiger partial charge < -0.3 is 10.3 Å². The standard InChI is InChI=1S/C24H19FN4/c25-16-11-9-15(10-12-16)22-13-23-18-6-2-4-8-21(18)27-24(29(23)28-22)19-14-26-20-7-3-1-5-17(19)20/h1-12,14,23-24,26-27H,13H2. The molecule has 2 N–H and O–H groups in total. The zero-order chi connectivity index (χ0) is 19.4. The van der Waals surface area contributed by atoms with Gasteiger partial charge in [0.05, 0.1) is 11.8 Å². The maximum atomic E-state index is 13.4. The summed E-state index contributed by atoms with van der Waals surface area (Å²) in [6.07, 6.45) is 2.78. The highest BCUT2D eigenvalue weighted by Gasteiger charge is 2.40. The van der Waals surface area contributed by atoms with E-state index in [-0.39, 0.29) is 18.0 Å². The van der Waals surface area contributed by atoms with Crippen LogP contribution in [-0.4, -0.2) is 15.7 Å². The van der Waals surface area contributed by atoms with Crippen LogP contribution in [0.1, 0.15) is 35.3 Å². The number of halogens is 1.